The largest absolute Gasteiger partial charge is 0.309 e. The molecule has 0 saturated heterocycles. The first kappa shape index (κ1) is 32.0. The normalized spacial score (nSPS) is 11.3. The van der Waals surface area contributed by atoms with Crippen molar-refractivity contribution >= 4 is 59.3 Å². The summed E-state index contributed by atoms with van der Waals surface area (Å²) in [7, 11) is 0. The summed E-state index contributed by atoms with van der Waals surface area (Å²) < 4.78 is 2.57. The molecule has 254 valence electrons. The summed E-state index contributed by atoms with van der Waals surface area (Å²) in [6.45, 7) is 0. The maximum absolute atomic E-state index is 2.44. The molecule has 0 spiro atoms. The lowest BCUT2D eigenvalue weighted by atomic mass is 9.92. The zero-order valence-electron chi connectivity index (χ0n) is 29.6. The molecular formula is C52H35NS. The Morgan fingerprint density at radius 3 is 1.65 bits per heavy atom. The number of thiophene rings is 1. The minimum absolute atomic E-state index is 1.11. The van der Waals surface area contributed by atoms with Crippen LogP contribution in [0.5, 0.6) is 0 Å². The van der Waals surface area contributed by atoms with Crippen LogP contribution in [0.2, 0.25) is 0 Å². The molecule has 10 aromatic rings. The van der Waals surface area contributed by atoms with Gasteiger partial charge in [0.15, 0.2) is 0 Å². The van der Waals surface area contributed by atoms with Crippen molar-refractivity contribution in [1.29, 1.82) is 0 Å². The first-order valence-corrected chi connectivity index (χ1v) is 19.2. The van der Waals surface area contributed by atoms with E-state index in [1.165, 1.54) is 81.1 Å². The minimum atomic E-state index is 1.11. The third-order valence-electron chi connectivity index (χ3n) is 10.5. The number of anilines is 3. The highest BCUT2D eigenvalue weighted by molar-refractivity contribution is 7.26. The number of benzene rings is 9. The fourth-order valence-electron chi connectivity index (χ4n) is 7.86. The molecule has 9 aromatic carbocycles. The lowest BCUT2D eigenvalue weighted by Gasteiger charge is -2.27. The topological polar surface area (TPSA) is 3.24 Å². The van der Waals surface area contributed by atoms with Gasteiger partial charge in [0, 0.05) is 26.8 Å². The van der Waals surface area contributed by atoms with E-state index in [1.807, 2.05) is 11.3 Å². The first-order valence-electron chi connectivity index (χ1n) is 18.4. The van der Waals surface area contributed by atoms with Crippen LogP contribution in [0.1, 0.15) is 0 Å². The Kier molecular flexibility index (Phi) is 8.09. The van der Waals surface area contributed by atoms with Gasteiger partial charge < -0.3 is 4.90 Å². The second kappa shape index (κ2) is 13.7. The van der Waals surface area contributed by atoms with E-state index in [4.69, 9.17) is 0 Å². The van der Waals surface area contributed by atoms with Crippen LogP contribution in [0.4, 0.5) is 17.1 Å². The van der Waals surface area contributed by atoms with Crippen LogP contribution in [0.25, 0.3) is 75.5 Å². The summed E-state index contributed by atoms with van der Waals surface area (Å²) in [4.78, 5) is 2.44. The summed E-state index contributed by atoms with van der Waals surface area (Å²) in [5.41, 5.74) is 13.1. The van der Waals surface area contributed by atoms with E-state index in [9.17, 15) is 0 Å². The molecule has 0 aliphatic rings. The predicted octanol–water partition coefficient (Wildman–Crippen LogP) is 15.3. The summed E-state index contributed by atoms with van der Waals surface area (Å²) >= 11 is 1.87. The average molecular weight is 706 g/mol. The van der Waals surface area contributed by atoms with Crippen molar-refractivity contribution in [3.63, 3.8) is 0 Å². The van der Waals surface area contributed by atoms with Crippen molar-refractivity contribution in [3.8, 4) is 44.5 Å². The van der Waals surface area contributed by atoms with Gasteiger partial charge in [0.2, 0.25) is 0 Å². The molecule has 0 bridgehead atoms. The van der Waals surface area contributed by atoms with Gasteiger partial charge in [0.1, 0.15) is 0 Å². The first-order chi connectivity index (χ1) is 26.8. The molecule has 2 heteroatoms. The van der Waals surface area contributed by atoms with Crippen LogP contribution < -0.4 is 4.90 Å². The van der Waals surface area contributed by atoms with Crippen LogP contribution in [-0.2, 0) is 0 Å². The summed E-state index contributed by atoms with van der Waals surface area (Å²) in [6.07, 6.45) is 0. The highest BCUT2D eigenvalue weighted by Crippen LogP contribution is 2.47. The molecule has 1 aromatic heterocycles. The van der Waals surface area contributed by atoms with Crippen LogP contribution in [0.15, 0.2) is 212 Å². The Labute approximate surface area is 319 Å². The zero-order chi connectivity index (χ0) is 35.8. The minimum Gasteiger partial charge on any atom is -0.309 e. The molecule has 0 N–H and O–H groups in total. The summed E-state index contributed by atoms with van der Waals surface area (Å²) in [6, 6.07) is 77.1. The van der Waals surface area contributed by atoms with Crippen molar-refractivity contribution in [2.75, 3.05) is 4.90 Å². The van der Waals surface area contributed by atoms with E-state index in [1.54, 1.807) is 0 Å². The van der Waals surface area contributed by atoms with Gasteiger partial charge in [-0.3, -0.25) is 0 Å². The molecule has 0 fully saturated rings. The van der Waals surface area contributed by atoms with Gasteiger partial charge >= 0.3 is 0 Å². The molecule has 1 nitrogen and oxygen atoms in total. The van der Waals surface area contributed by atoms with Crippen LogP contribution in [-0.4, -0.2) is 0 Å². The molecule has 0 unspecified atom stereocenters. The smallest absolute Gasteiger partial charge is 0.0640 e. The number of nitrogens with zero attached hydrogens (tertiary/aromatic N) is 1. The van der Waals surface area contributed by atoms with Crippen LogP contribution in [0, 0.1) is 0 Å². The molecule has 0 atom stereocenters. The van der Waals surface area contributed by atoms with E-state index in [-0.39, 0.29) is 0 Å². The van der Waals surface area contributed by atoms with Crippen molar-refractivity contribution in [2.45, 2.75) is 0 Å². The number of fused-ring (bicyclic) bond motifs is 4. The maximum atomic E-state index is 2.44. The second-order valence-electron chi connectivity index (χ2n) is 13.7. The van der Waals surface area contributed by atoms with Gasteiger partial charge in [-0.2, -0.15) is 0 Å². The average Bonchev–Trinajstić information content (AvgIpc) is 3.64. The van der Waals surface area contributed by atoms with Crippen LogP contribution >= 0.6 is 11.3 Å². The van der Waals surface area contributed by atoms with Gasteiger partial charge in [-0.05, 0) is 91.7 Å². The van der Waals surface area contributed by atoms with Crippen molar-refractivity contribution in [2.24, 2.45) is 0 Å². The molecule has 10 rings (SSSR count). The highest BCUT2D eigenvalue weighted by Gasteiger charge is 2.20. The number of hydrogen-bond donors (Lipinski definition) is 0. The van der Waals surface area contributed by atoms with E-state index < -0.39 is 0 Å². The summed E-state index contributed by atoms with van der Waals surface area (Å²) in [5, 5.41) is 5.09. The van der Waals surface area contributed by atoms with Crippen molar-refractivity contribution in [3.05, 3.63) is 212 Å². The van der Waals surface area contributed by atoms with Gasteiger partial charge in [0.05, 0.1) is 10.4 Å². The quantitative estimate of drug-likeness (QED) is 0.160. The van der Waals surface area contributed by atoms with Crippen LogP contribution in [0.3, 0.4) is 0 Å². The monoisotopic (exact) mass is 705 g/mol. The molecular weight excluding hydrogens is 671 g/mol. The van der Waals surface area contributed by atoms with E-state index >= 15 is 0 Å². The lowest BCUT2D eigenvalue weighted by Crippen LogP contribution is -2.10. The Balaban J connectivity index is 1.15. The van der Waals surface area contributed by atoms with E-state index in [2.05, 4.69) is 217 Å². The molecule has 1 heterocycles. The Morgan fingerprint density at radius 1 is 0.315 bits per heavy atom. The Hall–Kier alpha value is -6.74. The SMILES string of the molecule is c1ccc(-c2ccc(-c3ccc(N(c4ccc(-c5cccc6ccccc56)cc4)c4cccc5c4sc4ccccc45)cc3-c3ccccc3)cc2)cc1. The molecule has 0 radical (unpaired) electrons. The van der Waals surface area contributed by atoms with Gasteiger partial charge in [-0.25, -0.2) is 0 Å². The van der Waals surface area contributed by atoms with E-state index in [0.717, 1.165) is 11.4 Å². The third-order valence-corrected chi connectivity index (χ3v) is 11.7. The molecule has 0 saturated carbocycles. The number of rotatable bonds is 7. The maximum Gasteiger partial charge on any atom is 0.0640 e. The standard InChI is InChI=1S/C52H35NS/c1-3-13-36(14-4-1)37-25-27-40(28-26-37)46-34-33-43(35-49(46)39-15-5-2-6-16-39)53(50-23-12-22-48-47-20-9-10-24-51(47)54-52(48)50)42-31-29-41(30-32-42)45-21-11-18-38-17-7-8-19-44(38)45/h1-35H. The Bertz CT molecular complexity index is 2900. The molecule has 54 heavy (non-hydrogen) atoms. The predicted molar refractivity (Wildman–Crippen MR) is 233 cm³/mol. The fourth-order valence-corrected chi connectivity index (χ4v) is 9.06. The van der Waals surface area contributed by atoms with Gasteiger partial charge in [0.25, 0.3) is 0 Å². The third kappa shape index (κ3) is 5.74. The van der Waals surface area contributed by atoms with Gasteiger partial charge in [-0.1, -0.05) is 176 Å². The second-order valence-corrected chi connectivity index (χ2v) is 14.8. The highest BCUT2D eigenvalue weighted by atomic mass is 32.1. The van der Waals surface area contributed by atoms with E-state index in [0.29, 0.717) is 0 Å². The Morgan fingerprint density at radius 2 is 0.852 bits per heavy atom. The summed E-state index contributed by atoms with van der Waals surface area (Å²) in [5.74, 6) is 0. The number of hydrogen-bond acceptors (Lipinski definition) is 2. The molecule has 0 aliphatic carbocycles. The van der Waals surface area contributed by atoms with Crippen molar-refractivity contribution in [1.82, 2.24) is 0 Å². The molecule has 0 aliphatic heterocycles. The van der Waals surface area contributed by atoms with Gasteiger partial charge in [-0.15, -0.1) is 11.3 Å². The van der Waals surface area contributed by atoms with Crippen molar-refractivity contribution < 1.29 is 0 Å². The lowest BCUT2D eigenvalue weighted by molar-refractivity contribution is 1.30. The molecule has 0 amide bonds. The zero-order valence-corrected chi connectivity index (χ0v) is 30.4. The fraction of sp³-hybridized carbons (Fsp3) is 0.